The maximum atomic E-state index is 9.25. The smallest absolute Gasteiger partial charge is 0.119 e. The number of rotatable bonds is 4. The van der Waals surface area contributed by atoms with Crippen LogP contribution in [0.15, 0.2) is 53.1 Å². The summed E-state index contributed by atoms with van der Waals surface area (Å²) < 4.78 is 8.71. The Labute approximate surface area is 141 Å². The highest BCUT2D eigenvalue weighted by atomic mass is 79.9. The second-order valence-corrected chi connectivity index (χ2v) is 6.16. The number of nitriles is 1. The molecule has 0 aliphatic rings. The summed E-state index contributed by atoms with van der Waals surface area (Å²) in [5.41, 5.74) is 1.70. The second kappa shape index (κ2) is 6.43. The zero-order valence-electron chi connectivity index (χ0n) is 11.6. The van der Waals surface area contributed by atoms with Crippen molar-refractivity contribution in [1.82, 2.24) is 4.57 Å². The van der Waals surface area contributed by atoms with E-state index in [0.717, 1.165) is 21.1 Å². The van der Waals surface area contributed by atoms with Gasteiger partial charge in [0, 0.05) is 26.6 Å². The van der Waals surface area contributed by atoms with Crippen molar-refractivity contribution in [2.75, 3.05) is 6.61 Å². The van der Waals surface area contributed by atoms with Crippen molar-refractivity contribution in [2.24, 2.45) is 0 Å². The summed E-state index contributed by atoms with van der Waals surface area (Å²) in [4.78, 5) is 0. The van der Waals surface area contributed by atoms with E-state index in [1.54, 1.807) is 12.1 Å². The summed E-state index contributed by atoms with van der Waals surface area (Å²) in [6.45, 7) is 1.19. The van der Waals surface area contributed by atoms with Crippen LogP contribution in [0.5, 0.6) is 5.75 Å². The third kappa shape index (κ3) is 3.11. The fourth-order valence-corrected chi connectivity index (χ4v) is 2.82. The number of nitrogens with zero attached hydrogens (tertiary/aromatic N) is 2. The molecule has 22 heavy (non-hydrogen) atoms. The van der Waals surface area contributed by atoms with Gasteiger partial charge in [0.15, 0.2) is 0 Å². The predicted molar refractivity (Wildman–Crippen MR) is 91.3 cm³/mol. The maximum absolute atomic E-state index is 9.25. The molecular weight excluding hydrogens is 364 g/mol. The Balaban J connectivity index is 1.77. The Morgan fingerprint density at radius 1 is 1.18 bits per heavy atom. The van der Waals surface area contributed by atoms with Crippen molar-refractivity contribution in [2.45, 2.75) is 6.54 Å². The maximum Gasteiger partial charge on any atom is 0.119 e. The Bertz CT molecular complexity index is 849. The van der Waals surface area contributed by atoms with Gasteiger partial charge >= 0.3 is 0 Å². The molecule has 0 bridgehead atoms. The van der Waals surface area contributed by atoms with Gasteiger partial charge in [-0.2, -0.15) is 5.26 Å². The lowest BCUT2D eigenvalue weighted by Crippen LogP contribution is -2.07. The molecule has 2 aromatic carbocycles. The van der Waals surface area contributed by atoms with E-state index >= 15 is 0 Å². The molecule has 0 saturated carbocycles. The number of fused-ring (bicyclic) bond motifs is 1. The molecule has 3 nitrogen and oxygen atoms in total. The molecule has 0 aliphatic carbocycles. The fourth-order valence-electron chi connectivity index (χ4n) is 2.34. The van der Waals surface area contributed by atoms with E-state index in [2.05, 4.69) is 22.0 Å². The van der Waals surface area contributed by atoms with Crippen molar-refractivity contribution < 1.29 is 4.74 Å². The van der Waals surface area contributed by atoms with Gasteiger partial charge in [0.05, 0.1) is 12.1 Å². The lowest BCUT2D eigenvalue weighted by molar-refractivity contribution is 0.300. The van der Waals surface area contributed by atoms with E-state index in [4.69, 9.17) is 16.3 Å². The van der Waals surface area contributed by atoms with Crippen LogP contribution < -0.4 is 4.74 Å². The summed E-state index contributed by atoms with van der Waals surface area (Å²) >= 11 is 9.28. The van der Waals surface area contributed by atoms with Gasteiger partial charge in [-0.25, -0.2) is 0 Å². The molecule has 1 heterocycles. The van der Waals surface area contributed by atoms with Gasteiger partial charge in [-0.15, -0.1) is 0 Å². The van der Waals surface area contributed by atoms with Crippen molar-refractivity contribution in [3.8, 4) is 11.8 Å². The summed E-state index contributed by atoms with van der Waals surface area (Å²) in [7, 11) is 0. The molecule has 110 valence electrons. The third-order valence-corrected chi connectivity index (χ3v) is 4.12. The first-order valence-electron chi connectivity index (χ1n) is 6.74. The van der Waals surface area contributed by atoms with Crippen LogP contribution in [0.25, 0.3) is 10.9 Å². The SMILES string of the molecule is N#Cc1cn(CCOc2ccc(Cl)cc2)c2ccc(Br)cc12. The van der Waals surface area contributed by atoms with Gasteiger partial charge in [0.25, 0.3) is 0 Å². The van der Waals surface area contributed by atoms with Gasteiger partial charge in [-0.05, 0) is 42.5 Å². The second-order valence-electron chi connectivity index (χ2n) is 4.81. The Hall–Kier alpha value is -1.96. The van der Waals surface area contributed by atoms with Gasteiger partial charge < -0.3 is 9.30 Å². The molecule has 0 fully saturated rings. The number of aromatic nitrogens is 1. The van der Waals surface area contributed by atoms with Crippen LogP contribution in [0.4, 0.5) is 0 Å². The molecule has 0 N–H and O–H groups in total. The van der Waals surface area contributed by atoms with Crippen LogP contribution in [0.2, 0.25) is 5.02 Å². The van der Waals surface area contributed by atoms with Crippen LogP contribution in [0, 0.1) is 11.3 Å². The average Bonchev–Trinajstić information content (AvgIpc) is 2.86. The minimum Gasteiger partial charge on any atom is -0.492 e. The first-order chi connectivity index (χ1) is 10.7. The topological polar surface area (TPSA) is 38.0 Å². The van der Waals surface area contributed by atoms with E-state index in [9.17, 15) is 5.26 Å². The highest BCUT2D eigenvalue weighted by Crippen LogP contribution is 2.25. The van der Waals surface area contributed by atoms with Gasteiger partial charge in [-0.3, -0.25) is 0 Å². The summed E-state index contributed by atoms with van der Waals surface area (Å²) in [6.07, 6.45) is 1.86. The summed E-state index contributed by atoms with van der Waals surface area (Å²) in [5.74, 6) is 0.782. The van der Waals surface area contributed by atoms with Crippen LogP contribution in [-0.2, 0) is 6.54 Å². The van der Waals surface area contributed by atoms with E-state index in [-0.39, 0.29) is 0 Å². The van der Waals surface area contributed by atoms with Crippen molar-refractivity contribution in [3.63, 3.8) is 0 Å². The Morgan fingerprint density at radius 2 is 1.95 bits per heavy atom. The van der Waals surface area contributed by atoms with E-state index in [0.29, 0.717) is 23.7 Å². The van der Waals surface area contributed by atoms with Gasteiger partial charge in [-0.1, -0.05) is 27.5 Å². The lowest BCUT2D eigenvalue weighted by Gasteiger charge is -2.08. The van der Waals surface area contributed by atoms with Gasteiger partial charge in [0.1, 0.15) is 18.4 Å². The zero-order valence-corrected chi connectivity index (χ0v) is 13.9. The monoisotopic (exact) mass is 374 g/mol. The van der Waals surface area contributed by atoms with Crippen LogP contribution in [0.1, 0.15) is 5.56 Å². The van der Waals surface area contributed by atoms with Crippen molar-refractivity contribution >= 4 is 38.4 Å². The predicted octanol–water partition coefficient (Wildman–Crippen LogP) is 5.01. The largest absolute Gasteiger partial charge is 0.492 e. The standard InChI is InChI=1S/C17H12BrClN2O/c18-13-1-6-17-16(9-13)12(10-20)11-21(17)7-8-22-15-4-2-14(19)3-5-15/h1-6,9,11H,7-8H2. The lowest BCUT2D eigenvalue weighted by atomic mass is 10.2. The van der Waals surface area contributed by atoms with E-state index in [1.807, 2.05) is 41.1 Å². The van der Waals surface area contributed by atoms with E-state index < -0.39 is 0 Å². The average molecular weight is 376 g/mol. The molecule has 0 spiro atoms. The van der Waals surface area contributed by atoms with Gasteiger partial charge in [0.2, 0.25) is 0 Å². The molecule has 1 aromatic heterocycles. The Kier molecular flexibility index (Phi) is 4.37. The molecule has 3 aromatic rings. The number of hydrogen-bond donors (Lipinski definition) is 0. The highest BCUT2D eigenvalue weighted by Gasteiger charge is 2.08. The first-order valence-corrected chi connectivity index (χ1v) is 7.91. The number of ether oxygens (including phenoxy) is 1. The zero-order chi connectivity index (χ0) is 15.5. The van der Waals surface area contributed by atoms with Crippen LogP contribution >= 0.6 is 27.5 Å². The van der Waals surface area contributed by atoms with Crippen LogP contribution in [-0.4, -0.2) is 11.2 Å². The molecule has 0 amide bonds. The minimum absolute atomic E-state index is 0.520. The normalized spacial score (nSPS) is 10.6. The van der Waals surface area contributed by atoms with Crippen molar-refractivity contribution in [1.29, 1.82) is 5.26 Å². The molecule has 5 heteroatoms. The van der Waals surface area contributed by atoms with Crippen molar-refractivity contribution in [3.05, 3.63) is 63.7 Å². The first kappa shape index (κ1) is 15.0. The quantitative estimate of drug-likeness (QED) is 0.643. The summed E-state index contributed by atoms with van der Waals surface area (Å²) in [6, 6.07) is 15.5. The molecule has 0 aliphatic heterocycles. The number of hydrogen-bond acceptors (Lipinski definition) is 2. The molecular formula is C17H12BrClN2O. The Morgan fingerprint density at radius 3 is 2.68 bits per heavy atom. The number of halogens is 2. The minimum atomic E-state index is 0.520. The summed E-state index contributed by atoms with van der Waals surface area (Å²) in [5, 5.41) is 10.9. The molecule has 0 saturated heterocycles. The van der Waals surface area contributed by atoms with E-state index in [1.165, 1.54) is 0 Å². The third-order valence-electron chi connectivity index (χ3n) is 3.38. The fraction of sp³-hybridized carbons (Fsp3) is 0.118. The highest BCUT2D eigenvalue weighted by molar-refractivity contribution is 9.10. The molecule has 0 radical (unpaired) electrons. The molecule has 0 atom stereocenters. The molecule has 3 rings (SSSR count). The number of benzene rings is 2. The molecule has 0 unspecified atom stereocenters. The van der Waals surface area contributed by atoms with Crippen LogP contribution in [0.3, 0.4) is 0 Å².